The summed E-state index contributed by atoms with van der Waals surface area (Å²) in [5, 5.41) is 21.9. The molecule has 3 amide bonds. The Bertz CT molecular complexity index is 1340. The smallest absolute Gasteiger partial charge is 0.318 e. The van der Waals surface area contributed by atoms with Gasteiger partial charge in [0.1, 0.15) is 6.54 Å². The van der Waals surface area contributed by atoms with E-state index in [1.807, 2.05) is 0 Å². The molecule has 0 unspecified atom stereocenters. The van der Waals surface area contributed by atoms with Gasteiger partial charge in [-0.15, -0.1) is 0 Å². The molecule has 2 aliphatic rings. The molecule has 37 heavy (non-hydrogen) atoms. The van der Waals surface area contributed by atoms with E-state index in [-0.39, 0.29) is 34.6 Å². The van der Waals surface area contributed by atoms with Crippen molar-refractivity contribution in [3.05, 3.63) is 67.1 Å². The minimum atomic E-state index is -0.807. The van der Waals surface area contributed by atoms with Crippen molar-refractivity contribution in [2.45, 2.75) is 12.8 Å². The van der Waals surface area contributed by atoms with Gasteiger partial charge in [-0.1, -0.05) is 6.07 Å². The van der Waals surface area contributed by atoms with Gasteiger partial charge in [-0.2, -0.15) is 0 Å². The molecule has 0 bridgehead atoms. The van der Waals surface area contributed by atoms with E-state index in [0.717, 1.165) is 35.9 Å². The van der Waals surface area contributed by atoms with Gasteiger partial charge in [0, 0.05) is 19.2 Å². The number of methoxy groups -OCH3 is 1. The van der Waals surface area contributed by atoms with Gasteiger partial charge >= 0.3 is 5.69 Å². The predicted octanol–water partition coefficient (Wildman–Crippen LogP) is 3.96. The number of likely N-dealkylation sites (tertiary alicyclic amines) is 1. The van der Waals surface area contributed by atoms with Crippen LogP contribution in [0.3, 0.4) is 0 Å². The molecule has 0 saturated carbocycles. The number of hydrogen-bond acceptors (Lipinski definition) is 10. The minimum absolute atomic E-state index is 0.0386. The molecule has 0 aliphatic carbocycles. The Hall–Kier alpha value is -4.46. The lowest BCUT2D eigenvalue weighted by molar-refractivity contribution is -0.394. The summed E-state index contributed by atoms with van der Waals surface area (Å²) < 4.78 is 10.9. The second-order valence-corrected chi connectivity index (χ2v) is 9.03. The number of nitro groups is 2. The monoisotopic (exact) mass is 528 g/mol. The first-order chi connectivity index (χ1) is 17.7. The van der Waals surface area contributed by atoms with Crippen molar-refractivity contribution in [3.63, 3.8) is 0 Å². The zero-order valence-corrected chi connectivity index (χ0v) is 20.3. The Morgan fingerprint density at radius 1 is 1.03 bits per heavy atom. The Kier molecular flexibility index (Phi) is 7.38. The molecule has 2 fully saturated rings. The first-order valence-electron chi connectivity index (χ1n) is 11.0. The molecule has 2 aromatic rings. The fourth-order valence-corrected chi connectivity index (χ4v) is 4.66. The minimum Gasteiger partial charge on any atom is -0.493 e. The second kappa shape index (κ2) is 10.7. The Morgan fingerprint density at radius 2 is 1.73 bits per heavy atom. The average molecular weight is 528 g/mol. The van der Waals surface area contributed by atoms with Crippen molar-refractivity contribution in [1.29, 1.82) is 0 Å². The van der Waals surface area contributed by atoms with Crippen molar-refractivity contribution < 1.29 is 33.7 Å². The summed E-state index contributed by atoms with van der Waals surface area (Å²) >= 11 is 0.694. The molecule has 13 nitrogen and oxygen atoms in total. The maximum atomic E-state index is 12.8. The number of nitrogens with zero attached hydrogens (tertiary/aromatic N) is 4. The number of rotatable bonds is 8. The van der Waals surface area contributed by atoms with Crippen LogP contribution in [0.1, 0.15) is 18.4 Å². The van der Waals surface area contributed by atoms with E-state index >= 15 is 0 Å². The molecule has 0 atom stereocenters. The van der Waals surface area contributed by atoms with Gasteiger partial charge < -0.3 is 14.4 Å². The lowest BCUT2D eigenvalue weighted by Crippen LogP contribution is -2.40. The molecule has 2 saturated heterocycles. The largest absolute Gasteiger partial charge is 0.493 e. The fourth-order valence-electron chi connectivity index (χ4n) is 3.82. The van der Waals surface area contributed by atoms with Crippen LogP contribution < -0.4 is 9.47 Å². The molecular formula is C23H20N4O9S. The molecule has 2 heterocycles. The van der Waals surface area contributed by atoms with Crippen LogP contribution in [0.5, 0.6) is 17.2 Å². The standard InChI is InChI=1S/C23H20N4O9S/c1-35-18-6-4-14(10-19(18)36-17-7-5-15(26(31)32)12-16(17)27(33)34)11-20-22(29)25(23(30)37-20)13-21(28)24-8-2-3-9-24/h4-7,10-12H,2-3,8-9,13H2,1H3/b20-11-. The summed E-state index contributed by atoms with van der Waals surface area (Å²) in [6, 6.07) is 7.47. The number of hydrogen-bond donors (Lipinski definition) is 0. The lowest BCUT2D eigenvalue weighted by atomic mass is 10.1. The Balaban J connectivity index is 1.58. The highest BCUT2D eigenvalue weighted by Crippen LogP contribution is 2.39. The first kappa shape index (κ1) is 25.6. The van der Waals surface area contributed by atoms with Crippen LogP contribution in [0.4, 0.5) is 16.2 Å². The molecule has 0 aromatic heterocycles. The van der Waals surface area contributed by atoms with Crippen LogP contribution in [0, 0.1) is 20.2 Å². The van der Waals surface area contributed by atoms with Gasteiger partial charge in [0.25, 0.3) is 16.8 Å². The lowest BCUT2D eigenvalue weighted by Gasteiger charge is -2.18. The summed E-state index contributed by atoms with van der Waals surface area (Å²) in [6.07, 6.45) is 3.21. The van der Waals surface area contributed by atoms with E-state index in [0.29, 0.717) is 30.4 Å². The number of nitro benzene ring substituents is 2. The van der Waals surface area contributed by atoms with Gasteiger partial charge in [0.15, 0.2) is 11.5 Å². The highest BCUT2D eigenvalue weighted by Gasteiger charge is 2.37. The van der Waals surface area contributed by atoms with Gasteiger partial charge in [-0.05, 0) is 54.4 Å². The van der Waals surface area contributed by atoms with Crippen LogP contribution >= 0.6 is 11.8 Å². The van der Waals surface area contributed by atoms with E-state index in [2.05, 4.69) is 0 Å². The topological polar surface area (TPSA) is 162 Å². The fraction of sp³-hybridized carbons (Fsp3) is 0.261. The van der Waals surface area contributed by atoms with E-state index in [9.17, 15) is 34.6 Å². The summed E-state index contributed by atoms with van der Waals surface area (Å²) in [5.41, 5.74) is -0.680. The average Bonchev–Trinajstić information content (AvgIpc) is 3.49. The van der Waals surface area contributed by atoms with Crippen molar-refractivity contribution in [2.24, 2.45) is 0 Å². The number of ether oxygens (including phenoxy) is 2. The highest BCUT2D eigenvalue weighted by molar-refractivity contribution is 8.18. The zero-order valence-electron chi connectivity index (χ0n) is 19.4. The molecular weight excluding hydrogens is 508 g/mol. The summed E-state index contributed by atoms with van der Waals surface area (Å²) in [4.78, 5) is 61.2. The van der Waals surface area contributed by atoms with Crippen molar-refractivity contribution in [3.8, 4) is 17.2 Å². The molecule has 4 rings (SSSR count). The van der Waals surface area contributed by atoms with Crippen LogP contribution in [0.15, 0.2) is 41.3 Å². The molecule has 0 spiro atoms. The number of non-ortho nitro benzene ring substituents is 1. The molecule has 192 valence electrons. The van der Waals surface area contributed by atoms with Crippen LogP contribution in [-0.4, -0.2) is 63.4 Å². The highest BCUT2D eigenvalue weighted by atomic mass is 32.2. The third-order valence-electron chi connectivity index (χ3n) is 5.68. The molecule has 14 heteroatoms. The van der Waals surface area contributed by atoms with Gasteiger partial charge in [-0.3, -0.25) is 39.5 Å². The van der Waals surface area contributed by atoms with Crippen molar-refractivity contribution in [1.82, 2.24) is 9.80 Å². The normalized spacial score (nSPS) is 16.4. The van der Waals surface area contributed by atoms with Crippen molar-refractivity contribution in [2.75, 3.05) is 26.7 Å². The first-order valence-corrected chi connectivity index (χ1v) is 11.8. The van der Waals surface area contributed by atoms with E-state index in [4.69, 9.17) is 9.47 Å². The summed E-state index contributed by atoms with van der Waals surface area (Å²) in [7, 11) is 1.36. The third kappa shape index (κ3) is 5.53. The van der Waals surface area contributed by atoms with Gasteiger partial charge in [-0.25, -0.2) is 0 Å². The van der Waals surface area contributed by atoms with E-state index < -0.39 is 32.4 Å². The van der Waals surface area contributed by atoms with Crippen LogP contribution in [0.25, 0.3) is 6.08 Å². The number of imide groups is 1. The maximum absolute atomic E-state index is 12.8. The van der Waals surface area contributed by atoms with Crippen molar-refractivity contribution >= 4 is 46.3 Å². The zero-order chi connectivity index (χ0) is 26.7. The Labute approximate surface area is 213 Å². The Morgan fingerprint density at radius 3 is 2.38 bits per heavy atom. The predicted molar refractivity (Wildman–Crippen MR) is 131 cm³/mol. The second-order valence-electron chi connectivity index (χ2n) is 8.03. The number of thioether (sulfide) groups is 1. The van der Waals surface area contributed by atoms with Gasteiger partial charge in [0.2, 0.25) is 11.7 Å². The number of carbonyl (C=O) groups is 3. The van der Waals surface area contributed by atoms with Gasteiger partial charge in [0.05, 0.1) is 27.9 Å². The maximum Gasteiger partial charge on any atom is 0.318 e. The summed E-state index contributed by atoms with van der Waals surface area (Å²) in [5.74, 6) is -0.907. The van der Waals surface area contributed by atoms with Crippen LogP contribution in [-0.2, 0) is 9.59 Å². The number of carbonyl (C=O) groups excluding carboxylic acids is 3. The molecule has 2 aliphatic heterocycles. The quantitative estimate of drug-likeness (QED) is 0.278. The molecule has 0 radical (unpaired) electrons. The molecule has 2 aromatic carbocycles. The van der Waals surface area contributed by atoms with E-state index in [1.54, 1.807) is 11.0 Å². The molecule has 0 N–H and O–H groups in total. The SMILES string of the molecule is COc1ccc(/C=C2\SC(=O)N(CC(=O)N3CCCC3)C2=O)cc1Oc1ccc([N+](=O)[O-])cc1[N+](=O)[O-]. The number of benzene rings is 2. The number of amides is 3. The van der Waals surface area contributed by atoms with Crippen LogP contribution in [0.2, 0.25) is 0 Å². The van der Waals surface area contributed by atoms with E-state index in [1.165, 1.54) is 25.3 Å². The third-order valence-corrected chi connectivity index (χ3v) is 6.59. The summed E-state index contributed by atoms with van der Waals surface area (Å²) in [6.45, 7) is 0.877.